The number of hydrazone groups is 1. The minimum atomic E-state index is -0.634. The molecule has 0 bridgehead atoms. The van der Waals surface area contributed by atoms with Gasteiger partial charge in [-0.05, 0) is 42.8 Å². The largest absolute Gasteiger partial charge is 0.497 e. The molecule has 0 aliphatic carbocycles. The Morgan fingerprint density at radius 2 is 1.83 bits per heavy atom. The standard InChI is InChI=1S/C16H15N3O4/c1-11(12-7-9-13(23-2)10-8-12)17-18-16(20)14-5-3-4-6-15(14)19(21)22/h3-10H,1-2H3,(H,18,20)/b17-11-. The molecule has 2 aromatic rings. The summed E-state index contributed by atoms with van der Waals surface area (Å²) in [4.78, 5) is 22.4. The van der Waals surface area contributed by atoms with Crippen molar-refractivity contribution in [2.75, 3.05) is 7.11 Å². The van der Waals surface area contributed by atoms with Crippen molar-refractivity contribution >= 4 is 17.3 Å². The van der Waals surface area contributed by atoms with Gasteiger partial charge in [0.2, 0.25) is 0 Å². The molecule has 118 valence electrons. The van der Waals surface area contributed by atoms with Crippen LogP contribution in [0.4, 0.5) is 5.69 Å². The molecule has 0 saturated carbocycles. The summed E-state index contributed by atoms with van der Waals surface area (Å²) in [5.41, 5.74) is 3.40. The number of amides is 1. The molecule has 2 aromatic carbocycles. The van der Waals surface area contributed by atoms with Crippen molar-refractivity contribution in [1.82, 2.24) is 5.43 Å². The third-order valence-corrected chi connectivity index (χ3v) is 3.18. The van der Waals surface area contributed by atoms with Crippen LogP contribution < -0.4 is 10.2 Å². The highest BCUT2D eigenvalue weighted by molar-refractivity contribution is 6.02. The van der Waals surface area contributed by atoms with Gasteiger partial charge in [0.15, 0.2) is 0 Å². The third kappa shape index (κ3) is 3.91. The molecule has 0 fully saturated rings. The summed E-state index contributed by atoms with van der Waals surface area (Å²) in [6, 6.07) is 12.9. The molecule has 0 atom stereocenters. The number of carbonyl (C=O) groups excluding carboxylic acids is 1. The maximum absolute atomic E-state index is 12.1. The molecule has 1 N–H and O–H groups in total. The van der Waals surface area contributed by atoms with Gasteiger partial charge < -0.3 is 4.74 Å². The lowest BCUT2D eigenvalue weighted by Gasteiger charge is -2.05. The molecule has 1 amide bonds. The second kappa shape index (κ2) is 7.17. The summed E-state index contributed by atoms with van der Waals surface area (Å²) < 4.78 is 5.07. The van der Waals surface area contributed by atoms with Crippen molar-refractivity contribution in [2.24, 2.45) is 5.10 Å². The Morgan fingerprint density at radius 1 is 1.17 bits per heavy atom. The molecule has 2 rings (SSSR count). The molecule has 0 spiro atoms. The monoisotopic (exact) mass is 313 g/mol. The van der Waals surface area contributed by atoms with Gasteiger partial charge in [0, 0.05) is 6.07 Å². The van der Waals surface area contributed by atoms with Crippen LogP contribution in [0.2, 0.25) is 0 Å². The second-order valence-corrected chi connectivity index (χ2v) is 4.64. The normalized spacial score (nSPS) is 11.0. The fourth-order valence-corrected chi connectivity index (χ4v) is 1.92. The van der Waals surface area contributed by atoms with Gasteiger partial charge in [-0.1, -0.05) is 12.1 Å². The van der Waals surface area contributed by atoms with Crippen molar-refractivity contribution in [3.05, 3.63) is 69.8 Å². The number of methoxy groups -OCH3 is 1. The highest BCUT2D eigenvalue weighted by atomic mass is 16.6. The summed E-state index contributed by atoms with van der Waals surface area (Å²) in [5.74, 6) is 0.0793. The fraction of sp³-hybridized carbons (Fsp3) is 0.125. The number of carbonyl (C=O) groups is 1. The SMILES string of the molecule is COc1ccc(/C(C)=N\NC(=O)c2ccccc2[N+](=O)[O-])cc1. The number of ether oxygens (including phenoxy) is 1. The average molecular weight is 313 g/mol. The van der Waals surface area contributed by atoms with E-state index >= 15 is 0 Å². The molecule has 7 nitrogen and oxygen atoms in total. The summed E-state index contributed by atoms with van der Waals surface area (Å²) >= 11 is 0. The minimum absolute atomic E-state index is 0.0382. The van der Waals surface area contributed by atoms with Crippen LogP contribution in [0.5, 0.6) is 5.75 Å². The lowest BCUT2D eigenvalue weighted by Crippen LogP contribution is -2.20. The van der Waals surface area contributed by atoms with E-state index in [-0.39, 0.29) is 11.3 Å². The number of hydrogen-bond acceptors (Lipinski definition) is 5. The molecule has 0 unspecified atom stereocenters. The highest BCUT2D eigenvalue weighted by Crippen LogP contribution is 2.17. The van der Waals surface area contributed by atoms with E-state index in [9.17, 15) is 14.9 Å². The maximum atomic E-state index is 12.1. The smallest absolute Gasteiger partial charge is 0.282 e. The van der Waals surface area contributed by atoms with Gasteiger partial charge in [0.25, 0.3) is 11.6 Å². The Kier molecular flexibility index (Phi) is 5.03. The number of rotatable bonds is 5. The first-order valence-corrected chi connectivity index (χ1v) is 6.75. The van der Waals surface area contributed by atoms with E-state index in [1.54, 1.807) is 44.4 Å². The van der Waals surface area contributed by atoms with Crippen LogP contribution in [0.1, 0.15) is 22.8 Å². The highest BCUT2D eigenvalue weighted by Gasteiger charge is 2.18. The Bertz CT molecular complexity index is 754. The summed E-state index contributed by atoms with van der Waals surface area (Å²) in [6.07, 6.45) is 0. The second-order valence-electron chi connectivity index (χ2n) is 4.64. The van der Waals surface area contributed by atoms with E-state index in [4.69, 9.17) is 4.74 Å². The molecule has 0 aromatic heterocycles. The van der Waals surface area contributed by atoms with E-state index in [1.165, 1.54) is 18.2 Å². The molecule has 0 radical (unpaired) electrons. The number of para-hydroxylation sites is 1. The summed E-state index contributed by atoms with van der Waals surface area (Å²) in [6.45, 7) is 1.72. The Labute approximate surface area is 132 Å². The molecule has 0 aliphatic rings. The Balaban J connectivity index is 2.15. The molecule has 0 heterocycles. The zero-order valence-corrected chi connectivity index (χ0v) is 12.6. The van der Waals surface area contributed by atoms with Gasteiger partial charge in [-0.3, -0.25) is 14.9 Å². The van der Waals surface area contributed by atoms with Crippen molar-refractivity contribution in [2.45, 2.75) is 6.92 Å². The number of hydrogen-bond donors (Lipinski definition) is 1. The predicted octanol–water partition coefficient (Wildman–Crippen LogP) is 2.76. The number of nitrogens with one attached hydrogen (secondary N) is 1. The van der Waals surface area contributed by atoms with Gasteiger partial charge in [0.05, 0.1) is 17.7 Å². The molecule has 7 heteroatoms. The predicted molar refractivity (Wildman–Crippen MR) is 85.8 cm³/mol. The Hall–Kier alpha value is -3.22. The van der Waals surface area contributed by atoms with Gasteiger partial charge in [-0.2, -0.15) is 5.10 Å². The van der Waals surface area contributed by atoms with Crippen molar-refractivity contribution in [3.8, 4) is 5.75 Å². The number of nitro benzene ring substituents is 1. The van der Waals surface area contributed by atoms with E-state index in [2.05, 4.69) is 10.5 Å². The zero-order chi connectivity index (χ0) is 16.8. The topological polar surface area (TPSA) is 93.8 Å². The number of nitro groups is 1. The number of nitrogens with zero attached hydrogens (tertiary/aromatic N) is 2. The van der Waals surface area contributed by atoms with E-state index < -0.39 is 10.8 Å². The zero-order valence-electron chi connectivity index (χ0n) is 12.6. The molecule has 0 saturated heterocycles. The Morgan fingerprint density at radius 3 is 2.43 bits per heavy atom. The molecular formula is C16H15N3O4. The molecular weight excluding hydrogens is 298 g/mol. The lowest BCUT2D eigenvalue weighted by molar-refractivity contribution is -0.385. The van der Waals surface area contributed by atoms with Crippen LogP contribution in [0, 0.1) is 10.1 Å². The quantitative estimate of drug-likeness (QED) is 0.521. The van der Waals surface area contributed by atoms with Crippen LogP contribution in [0.3, 0.4) is 0 Å². The fourth-order valence-electron chi connectivity index (χ4n) is 1.92. The molecule has 23 heavy (non-hydrogen) atoms. The molecule has 0 aliphatic heterocycles. The van der Waals surface area contributed by atoms with Gasteiger partial charge in [-0.25, -0.2) is 5.43 Å². The van der Waals surface area contributed by atoms with Gasteiger partial charge in [0.1, 0.15) is 11.3 Å². The van der Waals surface area contributed by atoms with E-state index in [1.807, 2.05) is 0 Å². The summed E-state index contributed by atoms with van der Waals surface area (Å²) in [7, 11) is 1.57. The van der Waals surface area contributed by atoms with Crippen molar-refractivity contribution in [3.63, 3.8) is 0 Å². The first-order chi connectivity index (χ1) is 11.0. The van der Waals surface area contributed by atoms with Crippen molar-refractivity contribution in [1.29, 1.82) is 0 Å². The van der Waals surface area contributed by atoms with Crippen LogP contribution in [0.25, 0.3) is 0 Å². The third-order valence-electron chi connectivity index (χ3n) is 3.18. The van der Waals surface area contributed by atoms with Gasteiger partial charge in [-0.15, -0.1) is 0 Å². The van der Waals surface area contributed by atoms with Gasteiger partial charge >= 0.3 is 0 Å². The lowest BCUT2D eigenvalue weighted by atomic mass is 10.1. The van der Waals surface area contributed by atoms with Crippen LogP contribution in [-0.2, 0) is 0 Å². The first kappa shape index (κ1) is 16.2. The van der Waals surface area contributed by atoms with Crippen LogP contribution in [-0.4, -0.2) is 23.7 Å². The van der Waals surface area contributed by atoms with Crippen LogP contribution in [0.15, 0.2) is 53.6 Å². The van der Waals surface area contributed by atoms with E-state index in [0.29, 0.717) is 11.5 Å². The van der Waals surface area contributed by atoms with E-state index in [0.717, 1.165) is 5.56 Å². The number of benzene rings is 2. The average Bonchev–Trinajstić information content (AvgIpc) is 2.59. The maximum Gasteiger partial charge on any atom is 0.282 e. The summed E-state index contributed by atoms with van der Waals surface area (Å²) in [5, 5.41) is 14.9. The first-order valence-electron chi connectivity index (χ1n) is 6.75. The van der Waals surface area contributed by atoms with Crippen LogP contribution >= 0.6 is 0 Å². The minimum Gasteiger partial charge on any atom is -0.497 e. The van der Waals surface area contributed by atoms with Crippen molar-refractivity contribution < 1.29 is 14.5 Å².